The number of aliphatic carboxylic acids is 1. The van der Waals surface area contributed by atoms with Gasteiger partial charge in [-0.05, 0) is 46.0 Å². The average Bonchev–Trinajstić information content (AvgIpc) is 3.72. The smallest absolute Gasteiger partial charge is 0.353 e. The highest BCUT2D eigenvalue weighted by atomic mass is 16.6. The number of aromatic nitrogens is 6. The van der Waals surface area contributed by atoms with Gasteiger partial charge in [-0.2, -0.15) is 5.21 Å². The number of carboxylic acids is 1. The van der Waals surface area contributed by atoms with Crippen LogP contribution in [-0.2, 0) is 22.6 Å². The van der Waals surface area contributed by atoms with Crippen LogP contribution in [-0.4, -0.2) is 47.0 Å². The van der Waals surface area contributed by atoms with Crippen molar-refractivity contribution in [2.75, 3.05) is 0 Å². The van der Waals surface area contributed by atoms with Crippen LogP contribution in [0.4, 0.5) is 0 Å². The van der Waals surface area contributed by atoms with Crippen molar-refractivity contribution in [3.8, 4) is 22.5 Å². The van der Waals surface area contributed by atoms with Crippen molar-refractivity contribution in [2.45, 2.75) is 45.3 Å². The van der Waals surface area contributed by atoms with Gasteiger partial charge >= 0.3 is 5.97 Å². The van der Waals surface area contributed by atoms with Crippen LogP contribution in [0, 0.1) is 0 Å². The summed E-state index contributed by atoms with van der Waals surface area (Å²) in [4.78, 5) is 35.3. The number of nitrogens with zero attached hydrogens (tertiary/aromatic N) is 6. The fourth-order valence-electron chi connectivity index (χ4n) is 5.03. The minimum atomic E-state index is -1.11. The molecule has 0 bridgehead atoms. The molecule has 0 fully saturated rings. The highest BCUT2D eigenvalue weighted by molar-refractivity contribution is 6.35. The van der Waals surface area contributed by atoms with E-state index >= 15 is 0 Å². The molecule has 0 amide bonds. The molecule has 1 aliphatic rings. The fraction of sp³-hybridized carbons (Fsp3) is 0.233. The molecule has 206 valence electrons. The van der Waals surface area contributed by atoms with E-state index in [9.17, 15) is 14.7 Å². The Balaban J connectivity index is 1.33. The summed E-state index contributed by atoms with van der Waals surface area (Å²) in [5.74, 6) is 0.145. The topological polar surface area (TPSA) is 148 Å². The molecule has 3 aromatic carbocycles. The van der Waals surface area contributed by atoms with Crippen LogP contribution >= 0.6 is 0 Å². The number of aryl methyl sites for hydroxylation is 1. The molecule has 3 heterocycles. The number of fused-ring (bicyclic) bond motifs is 1. The summed E-state index contributed by atoms with van der Waals surface area (Å²) >= 11 is 0. The number of carboxylic acid groups (broad SMARTS) is 1. The summed E-state index contributed by atoms with van der Waals surface area (Å²) in [5.41, 5.74) is 4.91. The van der Waals surface area contributed by atoms with Gasteiger partial charge in [0.25, 0.3) is 5.56 Å². The Morgan fingerprint density at radius 2 is 1.90 bits per heavy atom. The van der Waals surface area contributed by atoms with E-state index in [1.165, 1.54) is 0 Å². The number of unbranched alkanes of at least 4 members (excludes halogenated alkanes) is 1. The monoisotopic (exact) mass is 549 g/mol. The van der Waals surface area contributed by atoms with Crippen LogP contribution in [0.5, 0.6) is 0 Å². The predicted octanol–water partition coefficient (Wildman–Crippen LogP) is 4.54. The van der Waals surface area contributed by atoms with Gasteiger partial charge in [0.15, 0.2) is 11.8 Å². The van der Waals surface area contributed by atoms with Gasteiger partial charge < -0.3 is 9.94 Å². The molecule has 11 heteroatoms. The van der Waals surface area contributed by atoms with Crippen LogP contribution in [0.2, 0.25) is 0 Å². The number of carbonyl (C=O) groups is 1. The van der Waals surface area contributed by atoms with Crippen molar-refractivity contribution >= 4 is 22.6 Å². The molecule has 2 aromatic heterocycles. The molecule has 1 aliphatic heterocycles. The van der Waals surface area contributed by atoms with Crippen molar-refractivity contribution < 1.29 is 14.7 Å². The number of aromatic amines is 1. The van der Waals surface area contributed by atoms with Gasteiger partial charge in [0.2, 0.25) is 5.82 Å². The molecule has 5 aromatic rings. The van der Waals surface area contributed by atoms with Crippen molar-refractivity contribution in [2.24, 2.45) is 5.16 Å². The number of hydrogen-bond donors (Lipinski definition) is 2. The molecule has 6 rings (SSSR count). The highest BCUT2D eigenvalue weighted by Gasteiger charge is 2.27. The van der Waals surface area contributed by atoms with Gasteiger partial charge in [-0.25, -0.2) is 9.78 Å². The summed E-state index contributed by atoms with van der Waals surface area (Å²) < 4.78 is 1.73. The van der Waals surface area contributed by atoms with E-state index in [0.29, 0.717) is 35.3 Å². The van der Waals surface area contributed by atoms with Gasteiger partial charge in [0, 0.05) is 18.4 Å². The quantitative estimate of drug-likeness (QED) is 0.272. The molecule has 0 saturated heterocycles. The average molecular weight is 550 g/mol. The standard InChI is InChI=1S/C30H27N7O4/c1-2-3-8-27-31-24-14-13-20(26-16-25(30(39)40)34-41-26)15-23(24)29(38)37(27)17-18-9-11-19(12-10-18)21-6-4-5-7-22(21)28-32-35-36-33-28/h4-7,9-15,26H,2-3,8,16-17H2,1H3,(H,39,40)(H,32,33,35,36). The molecule has 11 nitrogen and oxygen atoms in total. The van der Waals surface area contributed by atoms with Crippen molar-refractivity contribution in [1.29, 1.82) is 0 Å². The number of H-pyrrole nitrogens is 1. The van der Waals surface area contributed by atoms with Gasteiger partial charge in [0.1, 0.15) is 5.82 Å². The van der Waals surface area contributed by atoms with Crippen molar-refractivity contribution in [3.63, 3.8) is 0 Å². The molecule has 1 atom stereocenters. The lowest BCUT2D eigenvalue weighted by molar-refractivity contribution is -0.129. The maximum absolute atomic E-state index is 13.9. The number of hydrogen-bond acceptors (Lipinski definition) is 8. The third-order valence-corrected chi connectivity index (χ3v) is 7.22. The Hall–Kier alpha value is -5.19. The summed E-state index contributed by atoms with van der Waals surface area (Å²) in [6, 6.07) is 21.3. The maximum atomic E-state index is 13.9. The second kappa shape index (κ2) is 11.1. The third kappa shape index (κ3) is 5.21. The number of tetrazole rings is 1. The predicted molar refractivity (Wildman–Crippen MR) is 152 cm³/mol. The maximum Gasteiger partial charge on any atom is 0.353 e. The first kappa shape index (κ1) is 26.1. The normalized spacial score (nSPS) is 14.7. The van der Waals surface area contributed by atoms with Crippen LogP contribution in [0.3, 0.4) is 0 Å². The summed E-state index contributed by atoms with van der Waals surface area (Å²) in [6.07, 6.45) is 2.15. The Bertz CT molecular complexity index is 1810. The largest absolute Gasteiger partial charge is 0.477 e. The summed E-state index contributed by atoms with van der Waals surface area (Å²) in [5, 5.41) is 27.8. The van der Waals surface area contributed by atoms with Crippen LogP contribution in [0.1, 0.15) is 49.2 Å². The highest BCUT2D eigenvalue weighted by Crippen LogP contribution is 2.31. The fourth-order valence-corrected chi connectivity index (χ4v) is 5.03. The number of benzene rings is 3. The third-order valence-electron chi connectivity index (χ3n) is 7.22. The molecular weight excluding hydrogens is 522 g/mol. The molecule has 0 aliphatic carbocycles. The van der Waals surface area contributed by atoms with E-state index in [0.717, 1.165) is 40.9 Å². The Labute approximate surface area is 234 Å². The zero-order valence-electron chi connectivity index (χ0n) is 22.3. The Kier molecular flexibility index (Phi) is 7.07. The number of oxime groups is 1. The van der Waals surface area contributed by atoms with Gasteiger partial charge in [0.05, 0.1) is 17.4 Å². The summed E-state index contributed by atoms with van der Waals surface area (Å²) in [7, 11) is 0. The van der Waals surface area contributed by atoms with E-state index in [1.54, 1.807) is 16.7 Å². The lowest BCUT2D eigenvalue weighted by atomic mass is 9.98. The van der Waals surface area contributed by atoms with Crippen LogP contribution in [0.25, 0.3) is 33.4 Å². The first-order valence-electron chi connectivity index (χ1n) is 13.4. The van der Waals surface area contributed by atoms with E-state index < -0.39 is 12.1 Å². The molecule has 0 radical (unpaired) electrons. The van der Waals surface area contributed by atoms with Crippen LogP contribution < -0.4 is 5.56 Å². The molecule has 41 heavy (non-hydrogen) atoms. The molecule has 1 unspecified atom stereocenters. The van der Waals surface area contributed by atoms with Crippen molar-refractivity contribution in [1.82, 2.24) is 30.2 Å². The zero-order valence-corrected chi connectivity index (χ0v) is 22.3. The lowest BCUT2D eigenvalue weighted by Gasteiger charge is -2.15. The minimum absolute atomic E-state index is 0.0380. The summed E-state index contributed by atoms with van der Waals surface area (Å²) in [6.45, 7) is 2.47. The van der Waals surface area contributed by atoms with E-state index in [2.05, 4.69) is 32.7 Å². The first-order chi connectivity index (χ1) is 20.0. The minimum Gasteiger partial charge on any atom is -0.477 e. The molecular formula is C30H27N7O4. The number of rotatable bonds is 9. The molecule has 0 saturated carbocycles. The second-order valence-corrected chi connectivity index (χ2v) is 9.92. The number of nitrogens with one attached hydrogen (secondary N) is 1. The zero-order chi connectivity index (χ0) is 28.3. The molecule has 0 spiro atoms. The van der Waals surface area contributed by atoms with E-state index in [-0.39, 0.29) is 17.7 Å². The first-order valence-corrected chi connectivity index (χ1v) is 13.4. The Morgan fingerprint density at radius 1 is 1.10 bits per heavy atom. The van der Waals surface area contributed by atoms with Crippen LogP contribution in [0.15, 0.2) is 76.7 Å². The van der Waals surface area contributed by atoms with Gasteiger partial charge in [-0.1, -0.05) is 73.1 Å². The van der Waals surface area contributed by atoms with E-state index in [4.69, 9.17) is 9.82 Å². The van der Waals surface area contributed by atoms with E-state index in [1.807, 2.05) is 54.6 Å². The van der Waals surface area contributed by atoms with Gasteiger partial charge in [-0.15, -0.1) is 10.2 Å². The molecule has 2 N–H and O–H groups in total. The lowest BCUT2D eigenvalue weighted by Crippen LogP contribution is -2.26. The van der Waals surface area contributed by atoms with Crippen molar-refractivity contribution in [3.05, 3.63) is 94.0 Å². The second-order valence-electron chi connectivity index (χ2n) is 9.92. The van der Waals surface area contributed by atoms with Gasteiger partial charge in [-0.3, -0.25) is 9.36 Å². The Morgan fingerprint density at radius 3 is 2.61 bits per heavy atom. The SMILES string of the molecule is CCCCc1nc2ccc(C3CC(C(=O)O)=NO3)cc2c(=O)n1Cc1ccc(-c2ccccc2-c2nn[nH]n2)cc1.